The Kier molecular flexibility index (Phi) is 5.73. The van der Waals surface area contributed by atoms with E-state index in [9.17, 15) is 18.3 Å². The van der Waals surface area contributed by atoms with E-state index in [0.717, 1.165) is 21.4 Å². The van der Waals surface area contributed by atoms with Gasteiger partial charge in [0.25, 0.3) is 10.0 Å². The van der Waals surface area contributed by atoms with Gasteiger partial charge in [0.15, 0.2) is 0 Å². The number of phenols is 1. The predicted octanol–water partition coefficient (Wildman–Crippen LogP) is 5.93. The van der Waals surface area contributed by atoms with E-state index in [-0.39, 0.29) is 16.6 Å². The molecule has 3 N–H and O–H groups in total. The summed E-state index contributed by atoms with van der Waals surface area (Å²) in [7, 11) is -3.95. The summed E-state index contributed by atoms with van der Waals surface area (Å²) >= 11 is 1.33. The average molecular weight is 528 g/mol. The molecule has 2 heterocycles. The topological polar surface area (TPSA) is 108 Å². The normalized spacial score (nSPS) is 13.4. The van der Waals surface area contributed by atoms with Gasteiger partial charge in [-0.3, -0.25) is 14.5 Å². The molecule has 5 aromatic rings. The molecule has 0 spiro atoms. The first-order valence-electron chi connectivity index (χ1n) is 11.6. The van der Waals surface area contributed by atoms with Crippen LogP contribution in [0.15, 0.2) is 99.7 Å². The zero-order valence-corrected chi connectivity index (χ0v) is 21.1. The fraction of sp³-hybridized carbons (Fsp3) is 0.0714. The maximum atomic E-state index is 13.4. The van der Waals surface area contributed by atoms with Crippen LogP contribution in [0.2, 0.25) is 0 Å². The summed E-state index contributed by atoms with van der Waals surface area (Å²) in [6.07, 6.45) is 2.51. The van der Waals surface area contributed by atoms with Crippen LogP contribution in [-0.4, -0.2) is 24.4 Å². The molecular weight excluding hydrogens is 506 g/mol. The predicted molar refractivity (Wildman–Crippen MR) is 146 cm³/mol. The van der Waals surface area contributed by atoms with Gasteiger partial charge in [-0.1, -0.05) is 54.2 Å². The van der Waals surface area contributed by atoms with E-state index in [1.54, 1.807) is 48.7 Å². The summed E-state index contributed by atoms with van der Waals surface area (Å²) in [6.45, 7) is 0. The van der Waals surface area contributed by atoms with Crippen molar-refractivity contribution in [2.75, 3.05) is 10.0 Å². The van der Waals surface area contributed by atoms with Crippen LogP contribution < -0.4 is 10.0 Å². The molecular formula is C28H21N3O4S2. The number of rotatable bonds is 5. The monoisotopic (exact) mass is 527 g/mol. The zero-order valence-electron chi connectivity index (χ0n) is 19.4. The molecule has 184 valence electrons. The average Bonchev–Trinajstić information content (AvgIpc) is 2.91. The van der Waals surface area contributed by atoms with Gasteiger partial charge in [0.05, 0.1) is 21.0 Å². The van der Waals surface area contributed by atoms with Gasteiger partial charge in [-0.15, -0.1) is 0 Å². The summed E-state index contributed by atoms with van der Waals surface area (Å²) in [6, 6.07) is 23.1. The van der Waals surface area contributed by atoms with Crippen LogP contribution in [0.25, 0.3) is 21.7 Å². The molecule has 0 saturated carbocycles. The van der Waals surface area contributed by atoms with Crippen molar-refractivity contribution in [1.29, 1.82) is 0 Å². The number of nitrogens with one attached hydrogen (secondary N) is 2. The second-order valence-corrected chi connectivity index (χ2v) is 11.5. The van der Waals surface area contributed by atoms with Crippen molar-refractivity contribution >= 4 is 60.7 Å². The molecule has 1 aromatic heterocycles. The van der Waals surface area contributed by atoms with Gasteiger partial charge in [-0.05, 0) is 48.4 Å². The Hall–Kier alpha value is -4.08. The Morgan fingerprint density at radius 3 is 2.57 bits per heavy atom. The Morgan fingerprint density at radius 2 is 1.70 bits per heavy atom. The number of carbonyl (C=O) groups excluding carboxylic acids is 1. The molecule has 6 rings (SSSR count). The summed E-state index contributed by atoms with van der Waals surface area (Å²) in [5.41, 5.74) is 2.56. The van der Waals surface area contributed by atoms with Crippen molar-refractivity contribution in [3.05, 3.63) is 90.6 Å². The summed E-state index contributed by atoms with van der Waals surface area (Å²) < 4.78 is 29.6. The molecule has 4 aromatic carbocycles. The van der Waals surface area contributed by atoms with Gasteiger partial charge < -0.3 is 10.4 Å². The van der Waals surface area contributed by atoms with Crippen molar-refractivity contribution < 1.29 is 18.3 Å². The first-order valence-corrected chi connectivity index (χ1v) is 13.9. The van der Waals surface area contributed by atoms with Crippen molar-refractivity contribution in [1.82, 2.24) is 4.98 Å². The third-order valence-electron chi connectivity index (χ3n) is 6.32. The first-order chi connectivity index (χ1) is 17.9. The van der Waals surface area contributed by atoms with Crippen LogP contribution in [0, 0.1) is 0 Å². The molecule has 0 aliphatic carbocycles. The van der Waals surface area contributed by atoms with Gasteiger partial charge in [0, 0.05) is 39.4 Å². The molecule has 0 fully saturated rings. The molecule has 9 heteroatoms. The maximum Gasteiger partial charge on any atom is 0.261 e. The number of nitrogens with zero attached hydrogens (tertiary/aromatic N) is 1. The number of carbonyl (C=O) groups is 1. The lowest BCUT2D eigenvalue weighted by Crippen LogP contribution is -2.20. The van der Waals surface area contributed by atoms with Crippen LogP contribution in [0.4, 0.5) is 11.4 Å². The van der Waals surface area contributed by atoms with Gasteiger partial charge in [-0.2, -0.15) is 0 Å². The highest BCUT2D eigenvalue weighted by molar-refractivity contribution is 7.99. The number of aromatic nitrogens is 1. The summed E-state index contributed by atoms with van der Waals surface area (Å²) in [5, 5.41) is 16.0. The van der Waals surface area contributed by atoms with Crippen LogP contribution in [0.3, 0.4) is 0 Å². The number of benzene rings is 4. The van der Waals surface area contributed by atoms with E-state index in [1.165, 1.54) is 17.8 Å². The van der Waals surface area contributed by atoms with Gasteiger partial charge >= 0.3 is 0 Å². The van der Waals surface area contributed by atoms with E-state index in [1.807, 2.05) is 30.3 Å². The van der Waals surface area contributed by atoms with Gasteiger partial charge in [-0.25, -0.2) is 8.42 Å². The number of sulfonamides is 1. The number of hydrogen-bond acceptors (Lipinski definition) is 6. The lowest BCUT2D eigenvalue weighted by Gasteiger charge is -2.18. The molecule has 0 radical (unpaired) electrons. The third kappa shape index (κ3) is 4.36. The maximum absolute atomic E-state index is 13.4. The Balaban J connectivity index is 1.42. The number of aryl methyl sites for hydroxylation is 1. The molecule has 37 heavy (non-hydrogen) atoms. The Bertz CT molecular complexity index is 1810. The molecule has 0 bridgehead atoms. The number of phenolic OH excluding ortho intramolecular Hbond substituents is 1. The fourth-order valence-corrected chi connectivity index (χ4v) is 6.66. The first kappa shape index (κ1) is 23.3. The summed E-state index contributed by atoms with van der Waals surface area (Å²) in [4.78, 5) is 17.6. The van der Waals surface area contributed by atoms with Crippen molar-refractivity contribution in [3.8, 4) is 5.75 Å². The lowest BCUT2D eigenvalue weighted by molar-refractivity contribution is -0.116. The van der Waals surface area contributed by atoms with E-state index < -0.39 is 10.0 Å². The molecule has 1 amide bonds. The highest BCUT2D eigenvalue weighted by Gasteiger charge is 2.22. The number of aromatic hydroxyl groups is 1. The number of anilines is 2. The molecule has 1 aliphatic heterocycles. The minimum atomic E-state index is -3.95. The SMILES string of the molecule is O=C1CCc2cc(S(=O)(=O)Nc3cc(Sc4cccc5cccnc45)c(O)c4ccccc34)ccc2N1. The Labute approximate surface area is 217 Å². The van der Waals surface area contributed by atoms with Crippen molar-refractivity contribution in [2.24, 2.45) is 0 Å². The number of pyridine rings is 1. The number of hydrogen-bond donors (Lipinski definition) is 3. The van der Waals surface area contributed by atoms with E-state index in [4.69, 9.17) is 0 Å². The van der Waals surface area contributed by atoms with E-state index >= 15 is 0 Å². The number of fused-ring (bicyclic) bond motifs is 3. The van der Waals surface area contributed by atoms with Crippen LogP contribution in [-0.2, 0) is 21.2 Å². The van der Waals surface area contributed by atoms with E-state index in [0.29, 0.717) is 39.9 Å². The molecule has 0 unspecified atom stereocenters. The zero-order chi connectivity index (χ0) is 25.6. The highest BCUT2D eigenvalue weighted by atomic mass is 32.2. The Morgan fingerprint density at radius 1 is 0.892 bits per heavy atom. The molecule has 0 saturated heterocycles. The fourth-order valence-electron chi connectivity index (χ4n) is 4.50. The van der Waals surface area contributed by atoms with Crippen LogP contribution in [0.1, 0.15) is 12.0 Å². The molecule has 1 aliphatic rings. The summed E-state index contributed by atoms with van der Waals surface area (Å²) in [5.74, 6) is -0.00998. The largest absolute Gasteiger partial charge is 0.506 e. The standard InChI is InChI=1S/C28H21N3O4S2/c32-26-13-10-18-15-19(11-12-22(18)30-26)37(34,35)31-23-16-25(28(33)21-8-2-1-7-20(21)23)36-24-9-3-5-17-6-4-14-29-27(17)24/h1-9,11-12,14-16,31,33H,10,13H2,(H,30,32). The van der Waals surface area contributed by atoms with Gasteiger partial charge in [0.2, 0.25) is 5.91 Å². The number of amides is 1. The second kappa shape index (κ2) is 9.10. The number of para-hydroxylation sites is 1. The third-order valence-corrected chi connectivity index (χ3v) is 8.77. The van der Waals surface area contributed by atoms with Gasteiger partial charge in [0.1, 0.15) is 5.75 Å². The minimum absolute atomic E-state index is 0.0704. The van der Waals surface area contributed by atoms with Crippen LogP contribution >= 0.6 is 11.8 Å². The van der Waals surface area contributed by atoms with Crippen LogP contribution in [0.5, 0.6) is 5.75 Å². The smallest absolute Gasteiger partial charge is 0.261 e. The van der Waals surface area contributed by atoms with Crippen molar-refractivity contribution in [2.45, 2.75) is 27.5 Å². The quantitative estimate of drug-likeness (QED) is 0.245. The minimum Gasteiger partial charge on any atom is -0.506 e. The second-order valence-electron chi connectivity index (χ2n) is 8.72. The van der Waals surface area contributed by atoms with Crippen molar-refractivity contribution in [3.63, 3.8) is 0 Å². The molecule has 7 nitrogen and oxygen atoms in total. The lowest BCUT2D eigenvalue weighted by atomic mass is 10.0. The highest BCUT2D eigenvalue weighted by Crippen LogP contribution is 2.44. The van der Waals surface area contributed by atoms with E-state index in [2.05, 4.69) is 15.0 Å². The molecule has 0 atom stereocenters.